The Labute approximate surface area is 97.3 Å². The van der Waals surface area contributed by atoms with Gasteiger partial charge < -0.3 is 5.43 Å². The van der Waals surface area contributed by atoms with E-state index in [4.69, 9.17) is 5.84 Å². The van der Waals surface area contributed by atoms with E-state index >= 15 is 0 Å². The van der Waals surface area contributed by atoms with Crippen molar-refractivity contribution in [2.75, 3.05) is 5.43 Å². The summed E-state index contributed by atoms with van der Waals surface area (Å²) in [4.78, 5) is 23.4. The van der Waals surface area contributed by atoms with Gasteiger partial charge in [-0.15, -0.1) is 0 Å². The summed E-state index contributed by atoms with van der Waals surface area (Å²) in [5.74, 6) is 6.32. The van der Waals surface area contributed by atoms with Crippen LogP contribution in [0, 0.1) is 6.92 Å². The molecule has 0 fully saturated rings. The summed E-state index contributed by atoms with van der Waals surface area (Å²) in [5, 5.41) is 0. The van der Waals surface area contributed by atoms with Crippen molar-refractivity contribution >= 4 is 5.82 Å². The Balaban J connectivity index is 2.33. The first-order chi connectivity index (χ1) is 8.19. The van der Waals surface area contributed by atoms with Gasteiger partial charge >= 0.3 is 5.69 Å². The van der Waals surface area contributed by atoms with Gasteiger partial charge in [-0.1, -0.05) is 0 Å². The fraction of sp³-hybridized carbons (Fsp3) is 0.200. The highest BCUT2D eigenvalue weighted by atomic mass is 16.1. The molecule has 2 heterocycles. The molecule has 0 aliphatic rings. The van der Waals surface area contributed by atoms with Crippen molar-refractivity contribution in [2.24, 2.45) is 5.84 Å². The van der Waals surface area contributed by atoms with Crippen molar-refractivity contribution in [3.63, 3.8) is 0 Å². The second-order valence-corrected chi connectivity index (χ2v) is 3.49. The average molecular weight is 232 g/mol. The predicted octanol–water partition coefficient (Wildman–Crippen LogP) is -0.324. The number of rotatable bonds is 3. The van der Waals surface area contributed by atoms with E-state index in [0.717, 1.165) is 5.69 Å². The van der Waals surface area contributed by atoms with Crippen LogP contribution in [-0.2, 0) is 6.54 Å². The number of anilines is 1. The lowest BCUT2D eigenvalue weighted by atomic mass is 10.4. The van der Waals surface area contributed by atoms with Crippen LogP contribution in [0.1, 0.15) is 11.5 Å². The van der Waals surface area contributed by atoms with Crippen LogP contribution in [-0.4, -0.2) is 19.5 Å². The van der Waals surface area contributed by atoms with Crippen molar-refractivity contribution in [3.8, 4) is 0 Å². The molecule has 0 aliphatic carbocycles. The Kier molecular flexibility index (Phi) is 3.10. The Bertz CT molecular complexity index is 579. The first kappa shape index (κ1) is 11.2. The highest BCUT2D eigenvalue weighted by Crippen LogP contribution is 2.04. The first-order valence-electron chi connectivity index (χ1n) is 5.01. The Hall–Kier alpha value is -2.28. The van der Waals surface area contributed by atoms with Crippen molar-refractivity contribution in [1.82, 2.24) is 19.5 Å². The first-order valence-corrected chi connectivity index (χ1v) is 5.01. The van der Waals surface area contributed by atoms with Gasteiger partial charge in [0.1, 0.15) is 5.82 Å². The molecule has 0 saturated heterocycles. The monoisotopic (exact) mass is 232 g/mol. The number of nitrogens with one attached hydrogen (secondary N) is 1. The van der Waals surface area contributed by atoms with Crippen LogP contribution in [0.3, 0.4) is 0 Å². The molecular weight excluding hydrogens is 220 g/mol. The van der Waals surface area contributed by atoms with Gasteiger partial charge in [-0.3, -0.25) is 4.57 Å². The Morgan fingerprint density at radius 2 is 2.29 bits per heavy atom. The molecule has 0 atom stereocenters. The van der Waals surface area contributed by atoms with Gasteiger partial charge in [0.2, 0.25) is 0 Å². The number of aryl methyl sites for hydroxylation is 1. The van der Waals surface area contributed by atoms with Crippen LogP contribution < -0.4 is 17.0 Å². The third-order valence-corrected chi connectivity index (χ3v) is 2.14. The van der Waals surface area contributed by atoms with Gasteiger partial charge in [-0.2, -0.15) is 0 Å². The van der Waals surface area contributed by atoms with Crippen molar-refractivity contribution in [3.05, 3.63) is 46.5 Å². The molecule has 3 N–H and O–H groups in total. The molecule has 0 amide bonds. The van der Waals surface area contributed by atoms with Gasteiger partial charge in [0.25, 0.3) is 0 Å². The maximum atomic E-state index is 11.4. The van der Waals surface area contributed by atoms with E-state index in [1.54, 1.807) is 18.3 Å². The van der Waals surface area contributed by atoms with Crippen LogP contribution in [0.25, 0.3) is 0 Å². The van der Waals surface area contributed by atoms with E-state index in [0.29, 0.717) is 11.6 Å². The molecule has 7 nitrogen and oxygen atoms in total. The Morgan fingerprint density at radius 3 is 3.00 bits per heavy atom. The number of aromatic nitrogens is 4. The second-order valence-electron chi connectivity index (χ2n) is 3.49. The van der Waals surface area contributed by atoms with Gasteiger partial charge in [-0.05, 0) is 13.0 Å². The quantitative estimate of drug-likeness (QED) is 0.555. The van der Waals surface area contributed by atoms with Crippen LogP contribution >= 0.6 is 0 Å². The normalized spacial score (nSPS) is 10.2. The molecule has 0 radical (unpaired) electrons. The Morgan fingerprint density at radius 1 is 1.47 bits per heavy atom. The summed E-state index contributed by atoms with van der Waals surface area (Å²) in [5.41, 5.74) is 2.90. The number of hydrazine groups is 1. The minimum atomic E-state index is -0.333. The third kappa shape index (κ3) is 2.64. The molecule has 0 bridgehead atoms. The molecule has 2 aromatic rings. The van der Waals surface area contributed by atoms with E-state index < -0.39 is 0 Å². The number of hydrogen-bond donors (Lipinski definition) is 2. The molecule has 17 heavy (non-hydrogen) atoms. The molecule has 0 unspecified atom stereocenters. The maximum Gasteiger partial charge on any atom is 0.347 e. The fourth-order valence-corrected chi connectivity index (χ4v) is 1.43. The van der Waals surface area contributed by atoms with Crippen molar-refractivity contribution < 1.29 is 0 Å². The van der Waals surface area contributed by atoms with Gasteiger partial charge in [-0.25, -0.2) is 25.6 Å². The van der Waals surface area contributed by atoms with Gasteiger partial charge in [0.05, 0.1) is 6.54 Å². The van der Waals surface area contributed by atoms with E-state index in [-0.39, 0.29) is 12.2 Å². The number of hydrogen-bond acceptors (Lipinski definition) is 6. The molecule has 0 aliphatic heterocycles. The standard InChI is InChI=1S/C10H12N6O/c1-7-5-8(15-11)14-9(13-7)6-16-4-2-3-12-10(16)17/h2-5H,6,11H2,1H3,(H,13,14,15). The van der Waals surface area contributed by atoms with Gasteiger partial charge in [0.15, 0.2) is 5.82 Å². The van der Waals surface area contributed by atoms with E-state index in [1.165, 1.54) is 10.8 Å². The molecule has 7 heteroatoms. The minimum Gasteiger partial charge on any atom is -0.308 e. The third-order valence-electron chi connectivity index (χ3n) is 2.14. The van der Waals surface area contributed by atoms with Crippen LogP contribution in [0.15, 0.2) is 29.3 Å². The van der Waals surface area contributed by atoms with Crippen LogP contribution in [0.2, 0.25) is 0 Å². The highest BCUT2D eigenvalue weighted by molar-refractivity contribution is 5.33. The van der Waals surface area contributed by atoms with E-state index in [1.807, 2.05) is 6.92 Å². The summed E-state index contributed by atoms with van der Waals surface area (Å²) in [7, 11) is 0. The smallest absolute Gasteiger partial charge is 0.308 e. The van der Waals surface area contributed by atoms with E-state index in [2.05, 4.69) is 20.4 Å². The fourth-order valence-electron chi connectivity index (χ4n) is 1.43. The number of nitrogens with two attached hydrogens (primary N) is 1. The SMILES string of the molecule is Cc1cc(NN)nc(Cn2cccnc2=O)n1. The lowest BCUT2D eigenvalue weighted by molar-refractivity contribution is 0.688. The second kappa shape index (κ2) is 4.71. The maximum absolute atomic E-state index is 11.4. The number of nitrogen functional groups attached to an aromatic ring is 1. The number of nitrogens with zero attached hydrogens (tertiary/aromatic N) is 4. The zero-order valence-corrected chi connectivity index (χ0v) is 9.29. The van der Waals surface area contributed by atoms with Crippen molar-refractivity contribution in [2.45, 2.75) is 13.5 Å². The minimum absolute atomic E-state index is 0.267. The lowest BCUT2D eigenvalue weighted by Crippen LogP contribution is -2.23. The molecule has 0 saturated carbocycles. The molecular formula is C10H12N6O. The summed E-state index contributed by atoms with van der Waals surface area (Å²) in [6.07, 6.45) is 3.08. The van der Waals surface area contributed by atoms with Crippen LogP contribution in [0.5, 0.6) is 0 Å². The average Bonchev–Trinajstić information content (AvgIpc) is 2.31. The lowest BCUT2D eigenvalue weighted by Gasteiger charge is -2.06. The summed E-state index contributed by atoms with van der Waals surface area (Å²) in [6.45, 7) is 2.10. The highest BCUT2D eigenvalue weighted by Gasteiger charge is 2.03. The topological polar surface area (TPSA) is 98.7 Å². The molecule has 0 aromatic carbocycles. The van der Waals surface area contributed by atoms with Gasteiger partial charge in [0, 0.05) is 24.2 Å². The largest absolute Gasteiger partial charge is 0.347 e. The van der Waals surface area contributed by atoms with Crippen LogP contribution in [0.4, 0.5) is 5.82 Å². The van der Waals surface area contributed by atoms with E-state index in [9.17, 15) is 4.79 Å². The summed E-state index contributed by atoms with van der Waals surface area (Å²) < 4.78 is 1.43. The van der Waals surface area contributed by atoms with Crippen molar-refractivity contribution in [1.29, 1.82) is 0 Å². The molecule has 0 spiro atoms. The summed E-state index contributed by atoms with van der Waals surface area (Å²) >= 11 is 0. The summed E-state index contributed by atoms with van der Waals surface area (Å²) in [6, 6.07) is 3.40. The zero-order chi connectivity index (χ0) is 12.3. The molecule has 2 aromatic heterocycles. The predicted molar refractivity (Wildman–Crippen MR) is 62.2 cm³/mol. The molecule has 2 rings (SSSR count). The zero-order valence-electron chi connectivity index (χ0n) is 9.29. The molecule has 88 valence electrons.